The smallest absolute Gasteiger partial charge is 0.341 e. The molecule has 1 aromatic heterocycles. The summed E-state index contributed by atoms with van der Waals surface area (Å²) in [4.78, 5) is 24.0. The molecule has 0 N–H and O–H groups in total. The number of thiophene rings is 1. The molecule has 112 valence electrons. The van der Waals surface area contributed by atoms with E-state index >= 15 is 0 Å². The lowest BCUT2D eigenvalue weighted by molar-refractivity contribution is 0.0413. The predicted octanol–water partition coefficient (Wildman–Crippen LogP) is 4.14. The van der Waals surface area contributed by atoms with E-state index in [0.717, 1.165) is 0 Å². The van der Waals surface area contributed by atoms with Crippen molar-refractivity contribution in [3.05, 3.63) is 20.3 Å². The second-order valence-corrected chi connectivity index (χ2v) is 7.48. The minimum atomic E-state index is -0.497. The van der Waals surface area contributed by atoms with Crippen molar-refractivity contribution in [2.45, 2.75) is 27.7 Å². The third-order valence-corrected chi connectivity index (χ3v) is 3.99. The molecule has 1 aromatic rings. The van der Waals surface area contributed by atoms with Crippen molar-refractivity contribution >= 4 is 39.2 Å². The van der Waals surface area contributed by atoms with Crippen LogP contribution in [0.5, 0.6) is 0 Å². The molecule has 0 unspecified atom stereocenters. The van der Waals surface area contributed by atoms with Gasteiger partial charge in [-0.3, -0.25) is 0 Å². The van der Waals surface area contributed by atoms with E-state index < -0.39 is 11.9 Å². The first-order valence-electron chi connectivity index (χ1n) is 6.44. The Balaban J connectivity index is 2.83. The third-order valence-electron chi connectivity index (χ3n) is 2.27. The second kappa shape index (κ2) is 7.78. The van der Waals surface area contributed by atoms with Gasteiger partial charge < -0.3 is 9.47 Å². The van der Waals surface area contributed by atoms with Crippen LogP contribution in [0.25, 0.3) is 0 Å². The van der Waals surface area contributed by atoms with Crippen molar-refractivity contribution in [2.75, 3.05) is 13.2 Å². The maximum atomic E-state index is 12.0. The molecule has 4 nitrogen and oxygen atoms in total. The lowest BCUT2D eigenvalue weighted by Gasteiger charge is -2.09. The largest absolute Gasteiger partial charge is 0.462 e. The van der Waals surface area contributed by atoms with Crippen molar-refractivity contribution in [3.8, 4) is 0 Å². The number of hydrogen-bond donors (Lipinski definition) is 0. The summed E-state index contributed by atoms with van der Waals surface area (Å²) in [6, 6.07) is 0. The molecule has 0 amide bonds. The summed E-state index contributed by atoms with van der Waals surface area (Å²) in [5, 5.41) is 1.61. The molecule has 0 aliphatic heterocycles. The number of carbonyl (C=O) groups is 2. The Morgan fingerprint density at radius 3 is 2.10 bits per heavy atom. The van der Waals surface area contributed by atoms with Gasteiger partial charge in [-0.1, -0.05) is 27.7 Å². The molecule has 0 spiro atoms. The van der Waals surface area contributed by atoms with Crippen LogP contribution in [0.1, 0.15) is 48.4 Å². The fraction of sp³-hybridized carbons (Fsp3) is 0.571. The van der Waals surface area contributed by atoms with Crippen LogP contribution >= 0.6 is 27.3 Å². The maximum Gasteiger partial charge on any atom is 0.341 e. The van der Waals surface area contributed by atoms with E-state index in [1.807, 2.05) is 27.7 Å². The highest BCUT2D eigenvalue weighted by Crippen LogP contribution is 2.29. The highest BCUT2D eigenvalue weighted by atomic mass is 79.9. The molecule has 0 saturated carbocycles. The molecule has 0 aliphatic rings. The van der Waals surface area contributed by atoms with Crippen molar-refractivity contribution in [3.63, 3.8) is 0 Å². The van der Waals surface area contributed by atoms with Crippen LogP contribution in [0.4, 0.5) is 0 Å². The molecule has 0 radical (unpaired) electrons. The minimum absolute atomic E-state index is 0.243. The van der Waals surface area contributed by atoms with Crippen molar-refractivity contribution in [2.24, 2.45) is 11.8 Å². The van der Waals surface area contributed by atoms with E-state index in [1.165, 1.54) is 11.3 Å². The molecular formula is C14H19BrO4S. The van der Waals surface area contributed by atoms with Gasteiger partial charge in [0.2, 0.25) is 0 Å². The van der Waals surface area contributed by atoms with Crippen LogP contribution < -0.4 is 0 Å². The van der Waals surface area contributed by atoms with Crippen LogP contribution in [0, 0.1) is 11.8 Å². The zero-order valence-electron chi connectivity index (χ0n) is 12.1. The lowest BCUT2D eigenvalue weighted by Crippen LogP contribution is -2.16. The first kappa shape index (κ1) is 17.2. The van der Waals surface area contributed by atoms with Gasteiger partial charge in [-0.15, -0.1) is 11.3 Å². The van der Waals surface area contributed by atoms with Crippen LogP contribution in [0.3, 0.4) is 0 Å². The lowest BCUT2D eigenvalue weighted by atomic mass is 10.2. The summed E-state index contributed by atoms with van der Waals surface area (Å²) in [7, 11) is 0. The van der Waals surface area contributed by atoms with E-state index in [-0.39, 0.29) is 23.0 Å². The van der Waals surface area contributed by atoms with Crippen LogP contribution in [-0.2, 0) is 9.47 Å². The van der Waals surface area contributed by atoms with Gasteiger partial charge >= 0.3 is 11.9 Å². The van der Waals surface area contributed by atoms with Gasteiger partial charge in [-0.2, -0.15) is 0 Å². The van der Waals surface area contributed by atoms with E-state index in [1.54, 1.807) is 5.38 Å². The normalized spacial score (nSPS) is 10.9. The Labute approximate surface area is 131 Å². The molecule has 0 fully saturated rings. The fourth-order valence-electron chi connectivity index (χ4n) is 1.31. The second-order valence-electron chi connectivity index (χ2n) is 5.28. The number of halogens is 1. The molecule has 1 rings (SSSR count). The molecule has 0 aromatic carbocycles. The van der Waals surface area contributed by atoms with Gasteiger partial charge in [0.1, 0.15) is 0 Å². The van der Waals surface area contributed by atoms with Crippen LogP contribution in [0.2, 0.25) is 0 Å². The molecule has 0 saturated heterocycles. The highest BCUT2D eigenvalue weighted by molar-refractivity contribution is 9.11. The molecule has 0 bridgehead atoms. The summed E-state index contributed by atoms with van der Waals surface area (Å²) in [6.45, 7) is 8.46. The summed E-state index contributed by atoms with van der Waals surface area (Å²) < 4.78 is 10.9. The summed E-state index contributed by atoms with van der Waals surface area (Å²) in [5.74, 6) is -0.495. The number of esters is 2. The molecular weight excluding hydrogens is 344 g/mol. The van der Waals surface area contributed by atoms with Gasteiger partial charge in [0, 0.05) is 5.38 Å². The SMILES string of the molecule is CC(C)COC(=O)c1csc(Br)c1C(=O)OCC(C)C. The van der Waals surface area contributed by atoms with Crippen LogP contribution in [-0.4, -0.2) is 25.2 Å². The minimum Gasteiger partial charge on any atom is -0.462 e. The Hall–Kier alpha value is -0.880. The summed E-state index contributed by atoms with van der Waals surface area (Å²) >= 11 is 4.55. The average molecular weight is 363 g/mol. The Bertz CT molecular complexity index is 480. The molecule has 0 atom stereocenters. The zero-order valence-corrected chi connectivity index (χ0v) is 14.5. The zero-order chi connectivity index (χ0) is 15.3. The highest BCUT2D eigenvalue weighted by Gasteiger charge is 2.25. The van der Waals surface area contributed by atoms with Crippen molar-refractivity contribution < 1.29 is 19.1 Å². The van der Waals surface area contributed by atoms with Gasteiger partial charge in [0.15, 0.2) is 0 Å². The summed E-state index contributed by atoms with van der Waals surface area (Å²) in [6.07, 6.45) is 0. The van der Waals surface area contributed by atoms with Crippen LogP contribution in [0.15, 0.2) is 9.17 Å². The monoisotopic (exact) mass is 362 g/mol. The Kier molecular flexibility index (Phi) is 6.68. The van der Waals surface area contributed by atoms with Gasteiger partial charge in [0.25, 0.3) is 0 Å². The topological polar surface area (TPSA) is 52.6 Å². The standard InChI is InChI=1S/C14H19BrO4S/c1-8(2)5-18-13(16)10-7-20-12(15)11(10)14(17)19-6-9(3)4/h7-9H,5-6H2,1-4H3. The molecule has 1 heterocycles. The third kappa shape index (κ3) is 4.90. The average Bonchev–Trinajstić information content (AvgIpc) is 2.75. The van der Waals surface area contributed by atoms with E-state index in [4.69, 9.17) is 9.47 Å². The van der Waals surface area contributed by atoms with E-state index in [2.05, 4.69) is 15.9 Å². The predicted molar refractivity (Wildman–Crippen MR) is 82.3 cm³/mol. The first-order valence-corrected chi connectivity index (χ1v) is 8.11. The first-order chi connectivity index (χ1) is 9.32. The number of hydrogen-bond acceptors (Lipinski definition) is 5. The number of ether oxygens (including phenoxy) is 2. The summed E-state index contributed by atoms with van der Waals surface area (Å²) in [5.41, 5.74) is 0.515. The number of rotatable bonds is 6. The van der Waals surface area contributed by atoms with Crippen molar-refractivity contribution in [1.29, 1.82) is 0 Å². The van der Waals surface area contributed by atoms with E-state index in [0.29, 0.717) is 17.0 Å². The van der Waals surface area contributed by atoms with Gasteiger partial charge in [0.05, 0.1) is 28.1 Å². The number of carbonyl (C=O) groups excluding carboxylic acids is 2. The maximum absolute atomic E-state index is 12.0. The van der Waals surface area contributed by atoms with Gasteiger partial charge in [-0.05, 0) is 27.8 Å². The Morgan fingerprint density at radius 1 is 1.10 bits per heavy atom. The van der Waals surface area contributed by atoms with Crippen molar-refractivity contribution in [1.82, 2.24) is 0 Å². The van der Waals surface area contributed by atoms with Gasteiger partial charge in [-0.25, -0.2) is 9.59 Å². The molecule has 0 aliphatic carbocycles. The van der Waals surface area contributed by atoms with E-state index in [9.17, 15) is 9.59 Å². The Morgan fingerprint density at radius 2 is 1.60 bits per heavy atom. The quantitative estimate of drug-likeness (QED) is 0.713. The molecule has 20 heavy (non-hydrogen) atoms. The molecule has 6 heteroatoms. The fourth-order valence-corrected chi connectivity index (χ4v) is 2.71.